The molecule has 6 nitrogen and oxygen atoms in total. The van der Waals surface area contributed by atoms with Crippen LogP contribution in [0.4, 0.5) is 5.82 Å². The summed E-state index contributed by atoms with van der Waals surface area (Å²) in [4.78, 5) is 17.3. The largest absolute Gasteiger partial charge is 0.383 e. The number of aromatic amines is 1. The molecule has 0 aliphatic carbocycles. The van der Waals surface area contributed by atoms with Gasteiger partial charge in [0.15, 0.2) is 0 Å². The highest BCUT2D eigenvalue weighted by atomic mass is 16.5. The third-order valence-electron chi connectivity index (χ3n) is 1.88. The molecule has 15 heavy (non-hydrogen) atoms. The van der Waals surface area contributed by atoms with Crippen LogP contribution in [0.15, 0.2) is 17.2 Å². The number of H-pyrrole nitrogens is 1. The van der Waals surface area contributed by atoms with Crippen molar-refractivity contribution >= 4 is 5.82 Å². The molecule has 1 heterocycles. The van der Waals surface area contributed by atoms with Crippen LogP contribution in [0.25, 0.3) is 0 Å². The van der Waals surface area contributed by atoms with Crippen LogP contribution in [-0.4, -0.2) is 36.3 Å². The third-order valence-corrected chi connectivity index (χ3v) is 1.88. The first-order chi connectivity index (χ1) is 7.22. The van der Waals surface area contributed by atoms with E-state index < -0.39 is 0 Å². The smallest absolute Gasteiger partial charge is 0.252 e. The van der Waals surface area contributed by atoms with E-state index in [1.807, 2.05) is 0 Å². The van der Waals surface area contributed by atoms with Crippen molar-refractivity contribution in [2.75, 3.05) is 25.6 Å². The van der Waals surface area contributed by atoms with Crippen LogP contribution in [0.3, 0.4) is 0 Å². The topological polar surface area (TPSA) is 93.0 Å². The Kier molecular flexibility index (Phi) is 4.79. The number of anilines is 1. The van der Waals surface area contributed by atoms with E-state index in [4.69, 9.17) is 10.5 Å². The molecule has 4 N–H and O–H groups in total. The molecule has 0 saturated carbocycles. The summed E-state index contributed by atoms with van der Waals surface area (Å²) in [5, 5.41) is 3.01. The molecular weight excluding hydrogens is 196 g/mol. The number of rotatable bonds is 6. The van der Waals surface area contributed by atoms with Crippen LogP contribution >= 0.6 is 0 Å². The Morgan fingerprint density at radius 1 is 1.73 bits per heavy atom. The van der Waals surface area contributed by atoms with Crippen LogP contribution in [0.1, 0.15) is 6.42 Å². The molecule has 1 atom stereocenters. The SMILES string of the molecule is COCC(N)CCNc1cc(=O)[nH]cn1. The Labute approximate surface area is 87.9 Å². The van der Waals surface area contributed by atoms with E-state index in [1.165, 1.54) is 12.4 Å². The summed E-state index contributed by atoms with van der Waals surface area (Å²) < 4.78 is 4.90. The summed E-state index contributed by atoms with van der Waals surface area (Å²) in [6.07, 6.45) is 2.13. The molecule has 0 spiro atoms. The molecule has 1 unspecified atom stereocenters. The lowest BCUT2D eigenvalue weighted by molar-refractivity contribution is 0.178. The second kappa shape index (κ2) is 6.15. The van der Waals surface area contributed by atoms with Gasteiger partial charge < -0.3 is 20.8 Å². The minimum atomic E-state index is -0.173. The quantitative estimate of drug-likeness (QED) is 0.593. The summed E-state index contributed by atoms with van der Waals surface area (Å²) in [6, 6.07) is 1.41. The van der Waals surface area contributed by atoms with Gasteiger partial charge in [-0.2, -0.15) is 0 Å². The van der Waals surface area contributed by atoms with Gasteiger partial charge in [-0.1, -0.05) is 0 Å². The van der Waals surface area contributed by atoms with Gasteiger partial charge in [-0.15, -0.1) is 0 Å². The van der Waals surface area contributed by atoms with Crippen molar-refractivity contribution in [1.82, 2.24) is 9.97 Å². The van der Waals surface area contributed by atoms with Gasteiger partial charge in [0.2, 0.25) is 0 Å². The standard InChI is InChI=1S/C9H16N4O2/c1-15-5-7(10)2-3-11-8-4-9(14)13-6-12-8/h4,6-7H,2-3,5,10H2,1H3,(H2,11,12,13,14). The number of aromatic nitrogens is 2. The maximum absolute atomic E-state index is 10.9. The van der Waals surface area contributed by atoms with E-state index in [0.29, 0.717) is 19.0 Å². The molecule has 0 aliphatic rings. The molecule has 0 bridgehead atoms. The predicted molar refractivity (Wildman–Crippen MR) is 57.8 cm³/mol. The van der Waals surface area contributed by atoms with Crippen LogP contribution in [0.5, 0.6) is 0 Å². The molecule has 1 aromatic rings. The number of methoxy groups -OCH3 is 1. The first-order valence-electron chi connectivity index (χ1n) is 4.75. The van der Waals surface area contributed by atoms with Gasteiger partial charge in [0, 0.05) is 25.8 Å². The van der Waals surface area contributed by atoms with Crippen molar-refractivity contribution < 1.29 is 4.74 Å². The Morgan fingerprint density at radius 2 is 2.53 bits per heavy atom. The van der Waals surface area contributed by atoms with Crippen LogP contribution in [-0.2, 0) is 4.74 Å². The van der Waals surface area contributed by atoms with Gasteiger partial charge >= 0.3 is 0 Å². The number of hydrogen-bond acceptors (Lipinski definition) is 5. The van der Waals surface area contributed by atoms with Gasteiger partial charge in [0.1, 0.15) is 5.82 Å². The van der Waals surface area contributed by atoms with Crippen molar-refractivity contribution in [3.63, 3.8) is 0 Å². The van der Waals surface area contributed by atoms with Crippen molar-refractivity contribution in [3.05, 3.63) is 22.7 Å². The fourth-order valence-corrected chi connectivity index (χ4v) is 1.15. The summed E-state index contributed by atoms with van der Waals surface area (Å²) in [5.41, 5.74) is 5.55. The Bertz CT molecular complexity index is 339. The number of hydrogen-bond donors (Lipinski definition) is 3. The van der Waals surface area contributed by atoms with E-state index in [-0.39, 0.29) is 11.6 Å². The minimum Gasteiger partial charge on any atom is -0.383 e. The molecule has 84 valence electrons. The summed E-state index contributed by atoms with van der Waals surface area (Å²) in [7, 11) is 1.62. The Hall–Kier alpha value is -1.40. The average molecular weight is 212 g/mol. The van der Waals surface area contributed by atoms with Crippen LogP contribution in [0.2, 0.25) is 0 Å². The van der Waals surface area contributed by atoms with E-state index >= 15 is 0 Å². The molecule has 0 aliphatic heterocycles. The molecule has 1 aromatic heterocycles. The number of ether oxygens (including phenoxy) is 1. The van der Waals surface area contributed by atoms with Gasteiger partial charge in [-0.3, -0.25) is 4.79 Å². The highest BCUT2D eigenvalue weighted by molar-refractivity contribution is 5.31. The summed E-state index contributed by atoms with van der Waals surface area (Å²) in [5.74, 6) is 0.559. The Balaban J connectivity index is 2.28. The van der Waals surface area contributed by atoms with Crippen molar-refractivity contribution in [1.29, 1.82) is 0 Å². The third kappa shape index (κ3) is 4.57. The van der Waals surface area contributed by atoms with Crippen LogP contribution < -0.4 is 16.6 Å². The van der Waals surface area contributed by atoms with E-state index in [2.05, 4.69) is 15.3 Å². The summed E-state index contributed by atoms with van der Waals surface area (Å²) >= 11 is 0. The molecule has 0 saturated heterocycles. The van der Waals surface area contributed by atoms with Crippen molar-refractivity contribution in [2.24, 2.45) is 5.73 Å². The van der Waals surface area contributed by atoms with Crippen LogP contribution in [0, 0.1) is 0 Å². The lowest BCUT2D eigenvalue weighted by Crippen LogP contribution is -2.28. The summed E-state index contributed by atoms with van der Waals surface area (Å²) in [6.45, 7) is 1.20. The van der Waals surface area contributed by atoms with Gasteiger partial charge in [0.05, 0.1) is 12.9 Å². The molecule has 1 rings (SSSR count). The van der Waals surface area contributed by atoms with E-state index in [9.17, 15) is 4.79 Å². The highest BCUT2D eigenvalue weighted by Crippen LogP contribution is 1.96. The molecule has 0 radical (unpaired) electrons. The fraction of sp³-hybridized carbons (Fsp3) is 0.556. The number of nitrogens with zero attached hydrogens (tertiary/aromatic N) is 1. The van der Waals surface area contributed by atoms with Gasteiger partial charge in [-0.05, 0) is 6.42 Å². The second-order valence-electron chi connectivity index (χ2n) is 3.23. The predicted octanol–water partition coefficient (Wildman–Crippen LogP) is -0.454. The molecule has 0 amide bonds. The monoisotopic (exact) mass is 212 g/mol. The second-order valence-corrected chi connectivity index (χ2v) is 3.23. The first kappa shape index (κ1) is 11.7. The molecule has 0 fully saturated rings. The van der Waals surface area contributed by atoms with Crippen molar-refractivity contribution in [2.45, 2.75) is 12.5 Å². The zero-order valence-corrected chi connectivity index (χ0v) is 8.69. The fourth-order valence-electron chi connectivity index (χ4n) is 1.15. The van der Waals surface area contributed by atoms with E-state index in [1.54, 1.807) is 7.11 Å². The molecule has 6 heteroatoms. The first-order valence-corrected chi connectivity index (χ1v) is 4.75. The number of nitrogens with two attached hydrogens (primary N) is 1. The normalized spacial score (nSPS) is 12.4. The Morgan fingerprint density at radius 3 is 3.20 bits per heavy atom. The minimum absolute atomic E-state index is 0.00416. The highest BCUT2D eigenvalue weighted by Gasteiger charge is 2.01. The lowest BCUT2D eigenvalue weighted by atomic mass is 10.2. The zero-order valence-electron chi connectivity index (χ0n) is 8.69. The molecular formula is C9H16N4O2. The van der Waals surface area contributed by atoms with Gasteiger partial charge in [0.25, 0.3) is 5.56 Å². The lowest BCUT2D eigenvalue weighted by Gasteiger charge is -2.10. The van der Waals surface area contributed by atoms with Gasteiger partial charge in [-0.25, -0.2) is 4.98 Å². The van der Waals surface area contributed by atoms with E-state index in [0.717, 1.165) is 6.42 Å². The molecule has 0 aromatic carbocycles. The van der Waals surface area contributed by atoms with Crippen molar-refractivity contribution in [3.8, 4) is 0 Å². The maximum atomic E-state index is 10.9. The number of nitrogens with one attached hydrogen (secondary N) is 2. The zero-order chi connectivity index (χ0) is 11.1. The average Bonchev–Trinajstić information content (AvgIpc) is 2.18. The maximum Gasteiger partial charge on any atom is 0.252 e.